The lowest BCUT2D eigenvalue weighted by Gasteiger charge is -2.08. The summed E-state index contributed by atoms with van der Waals surface area (Å²) in [7, 11) is 0. The Morgan fingerprint density at radius 3 is 2.40 bits per heavy atom. The fraction of sp³-hybridized carbons (Fsp3) is 0.150. The normalized spacial score (nSPS) is 11.6. The van der Waals surface area contributed by atoms with Gasteiger partial charge in [-0.05, 0) is 33.2 Å². The molecule has 0 heterocycles. The van der Waals surface area contributed by atoms with Gasteiger partial charge in [-0.15, -0.1) is 0 Å². The van der Waals surface area contributed by atoms with Crippen molar-refractivity contribution in [1.29, 1.82) is 0 Å². The zero-order chi connectivity index (χ0) is 17.8. The van der Waals surface area contributed by atoms with Crippen LogP contribution in [0.3, 0.4) is 0 Å². The van der Waals surface area contributed by atoms with Crippen molar-refractivity contribution < 1.29 is 14.5 Å². The summed E-state index contributed by atoms with van der Waals surface area (Å²) >= 11 is 0. The van der Waals surface area contributed by atoms with Crippen LogP contribution in [0.15, 0.2) is 60.3 Å². The third kappa shape index (κ3) is 3.66. The number of benzene rings is 3. The molecule has 0 amide bonds. The summed E-state index contributed by atoms with van der Waals surface area (Å²) in [5, 5.41) is 15.5. The molecule has 5 nitrogen and oxygen atoms in total. The third-order valence-electron chi connectivity index (χ3n) is 4.02. The number of esters is 1. The first-order chi connectivity index (χ1) is 12.1. The number of nitrogens with zero attached hydrogens (tertiary/aromatic N) is 1. The zero-order valence-electron chi connectivity index (χ0n) is 13.8. The average Bonchev–Trinajstić information content (AvgIpc) is 2.60. The summed E-state index contributed by atoms with van der Waals surface area (Å²) in [4.78, 5) is 21.8. The Labute approximate surface area is 144 Å². The van der Waals surface area contributed by atoms with Crippen molar-refractivity contribution in [1.82, 2.24) is 0 Å². The second-order valence-corrected chi connectivity index (χ2v) is 5.72. The van der Waals surface area contributed by atoms with Gasteiger partial charge in [-0.3, -0.25) is 14.9 Å². The van der Waals surface area contributed by atoms with Gasteiger partial charge in [-0.2, -0.15) is 0 Å². The molecule has 0 N–H and O–H groups in total. The molecule has 3 aromatic rings. The van der Waals surface area contributed by atoms with Crippen LogP contribution in [0.1, 0.15) is 18.9 Å². The number of rotatable bonds is 5. The highest BCUT2D eigenvalue weighted by atomic mass is 16.6. The summed E-state index contributed by atoms with van der Waals surface area (Å²) in [6.45, 7) is 1.28. The van der Waals surface area contributed by atoms with E-state index >= 15 is 0 Å². The van der Waals surface area contributed by atoms with Gasteiger partial charge in [0, 0.05) is 13.0 Å². The van der Waals surface area contributed by atoms with E-state index in [0.29, 0.717) is 0 Å². The quantitative estimate of drug-likeness (QED) is 0.296. The Bertz CT molecular complexity index is 991. The Hall–Kier alpha value is -3.21. The fourth-order valence-electron chi connectivity index (χ4n) is 2.90. The van der Waals surface area contributed by atoms with E-state index in [0.717, 1.165) is 27.1 Å². The van der Waals surface area contributed by atoms with Gasteiger partial charge in [-0.1, -0.05) is 48.5 Å². The summed E-state index contributed by atoms with van der Waals surface area (Å²) in [5.74, 6) is -0.446. The van der Waals surface area contributed by atoms with E-state index in [1.165, 1.54) is 6.92 Å². The number of hydrogen-bond acceptors (Lipinski definition) is 4. The molecule has 0 bridgehead atoms. The van der Waals surface area contributed by atoms with Gasteiger partial charge in [0.1, 0.15) is 6.61 Å². The summed E-state index contributed by atoms with van der Waals surface area (Å²) in [6.07, 6.45) is 1.63. The predicted octanol–water partition coefficient (Wildman–Crippen LogP) is 4.56. The van der Waals surface area contributed by atoms with E-state index in [1.807, 2.05) is 54.6 Å². The van der Waals surface area contributed by atoms with E-state index < -0.39 is 10.9 Å². The summed E-state index contributed by atoms with van der Waals surface area (Å²) in [5.41, 5.74) is 0.797. The second-order valence-electron chi connectivity index (χ2n) is 5.72. The molecule has 126 valence electrons. The molecule has 0 fully saturated rings. The average molecular weight is 335 g/mol. The minimum absolute atomic E-state index is 0.00629. The minimum atomic E-state index is -0.446. The maximum Gasteiger partial charge on any atom is 0.302 e. The number of carbonyl (C=O) groups excluding carboxylic acids is 1. The van der Waals surface area contributed by atoms with Crippen LogP contribution >= 0.6 is 0 Å². The molecule has 0 unspecified atom stereocenters. The predicted molar refractivity (Wildman–Crippen MR) is 97.7 cm³/mol. The van der Waals surface area contributed by atoms with Crippen LogP contribution in [-0.2, 0) is 9.53 Å². The molecule has 0 aliphatic rings. The second kappa shape index (κ2) is 7.13. The number of carbonyl (C=O) groups is 1. The first kappa shape index (κ1) is 16.6. The molecular formula is C20H17NO4. The molecule has 0 saturated heterocycles. The summed E-state index contributed by atoms with van der Waals surface area (Å²) < 4.78 is 4.83. The van der Waals surface area contributed by atoms with Gasteiger partial charge < -0.3 is 4.74 Å². The standard InChI is InChI=1S/C20H17NO4/c1-14(22)25-11-10-17(21(23)24)13-16-12-15-6-2-3-7-18(15)20-9-5-4-8-19(16)20/h2-9,12-13H,10-11H2,1H3/b17-13-. The van der Waals surface area contributed by atoms with Crippen molar-refractivity contribution in [3.05, 3.63) is 76.0 Å². The largest absolute Gasteiger partial charge is 0.465 e. The molecule has 0 radical (unpaired) electrons. The number of nitro groups is 1. The zero-order valence-corrected chi connectivity index (χ0v) is 13.8. The first-order valence-corrected chi connectivity index (χ1v) is 7.95. The third-order valence-corrected chi connectivity index (χ3v) is 4.02. The molecule has 0 aromatic heterocycles. The Balaban J connectivity index is 2.11. The maximum absolute atomic E-state index is 11.4. The van der Waals surface area contributed by atoms with E-state index in [1.54, 1.807) is 6.08 Å². The molecule has 3 rings (SSSR count). The van der Waals surface area contributed by atoms with Crippen molar-refractivity contribution in [3.63, 3.8) is 0 Å². The Morgan fingerprint density at radius 1 is 1.08 bits per heavy atom. The highest BCUT2D eigenvalue weighted by Gasteiger charge is 2.13. The van der Waals surface area contributed by atoms with Gasteiger partial charge in [0.2, 0.25) is 5.70 Å². The van der Waals surface area contributed by atoms with Gasteiger partial charge in [0.25, 0.3) is 0 Å². The molecule has 0 saturated carbocycles. The Kier molecular flexibility index (Phi) is 4.75. The number of hydrogen-bond donors (Lipinski definition) is 0. The van der Waals surface area contributed by atoms with Gasteiger partial charge in [0.05, 0.1) is 11.3 Å². The highest BCUT2D eigenvalue weighted by Crippen LogP contribution is 2.30. The molecule has 0 spiro atoms. The topological polar surface area (TPSA) is 69.4 Å². The van der Waals surface area contributed by atoms with Crippen LogP contribution < -0.4 is 0 Å². The molecule has 5 heteroatoms. The number of fused-ring (bicyclic) bond motifs is 3. The first-order valence-electron chi connectivity index (χ1n) is 7.95. The minimum Gasteiger partial charge on any atom is -0.465 e. The van der Waals surface area contributed by atoms with Crippen LogP contribution in [0.4, 0.5) is 0 Å². The van der Waals surface area contributed by atoms with Crippen LogP contribution in [0.25, 0.3) is 27.6 Å². The van der Waals surface area contributed by atoms with Crippen molar-refractivity contribution in [2.24, 2.45) is 0 Å². The van der Waals surface area contributed by atoms with Crippen molar-refractivity contribution in [3.8, 4) is 0 Å². The van der Waals surface area contributed by atoms with Crippen molar-refractivity contribution in [2.75, 3.05) is 6.61 Å². The summed E-state index contributed by atoms with van der Waals surface area (Å²) in [6, 6.07) is 17.7. The van der Waals surface area contributed by atoms with Crippen LogP contribution in [-0.4, -0.2) is 17.5 Å². The lowest BCUT2D eigenvalue weighted by atomic mass is 9.96. The molecule has 3 aromatic carbocycles. The number of ether oxygens (including phenoxy) is 1. The highest BCUT2D eigenvalue weighted by molar-refractivity contribution is 6.10. The van der Waals surface area contributed by atoms with E-state index in [-0.39, 0.29) is 18.7 Å². The molecule has 0 aliphatic carbocycles. The molecular weight excluding hydrogens is 318 g/mol. The lowest BCUT2D eigenvalue weighted by molar-refractivity contribution is -0.426. The SMILES string of the molecule is CC(=O)OCC/C(=C/c1cc2ccccc2c2ccccc12)[N+](=O)[O-]. The van der Waals surface area contributed by atoms with Crippen molar-refractivity contribution in [2.45, 2.75) is 13.3 Å². The van der Waals surface area contributed by atoms with Gasteiger partial charge >= 0.3 is 5.97 Å². The lowest BCUT2D eigenvalue weighted by Crippen LogP contribution is -2.06. The molecule has 0 aliphatic heterocycles. The monoisotopic (exact) mass is 335 g/mol. The smallest absolute Gasteiger partial charge is 0.302 e. The van der Waals surface area contributed by atoms with Crippen molar-refractivity contribution >= 4 is 33.6 Å². The fourth-order valence-corrected chi connectivity index (χ4v) is 2.90. The van der Waals surface area contributed by atoms with Crippen LogP contribution in [0.2, 0.25) is 0 Å². The van der Waals surface area contributed by atoms with E-state index in [2.05, 4.69) is 0 Å². The van der Waals surface area contributed by atoms with E-state index in [9.17, 15) is 14.9 Å². The van der Waals surface area contributed by atoms with Gasteiger partial charge in [-0.25, -0.2) is 0 Å². The maximum atomic E-state index is 11.4. The Morgan fingerprint density at radius 2 is 1.72 bits per heavy atom. The van der Waals surface area contributed by atoms with Crippen LogP contribution in [0, 0.1) is 10.1 Å². The van der Waals surface area contributed by atoms with E-state index in [4.69, 9.17) is 4.74 Å². The van der Waals surface area contributed by atoms with Gasteiger partial charge in [0.15, 0.2) is 0 Å². The molecule has 25 heavy (non-hydrogen) atoms. The molecule has 0 atom stereocenters. The van der Waals surface area contributed by atoms with Crippen LogP contribution in [0.5, 0.6) is 0 Å².